The van der Waals surface area contributed by atoms with Crippen molar-refractivity contribution in [2.24, 2.45) is 0 Å². The van der Waals surface area contributed by atoms with Crippen molar-refractivity contribution >= 4 is 0 Å². The Bertz CT molecular complexity index is 177. The quantitative estimate of drug-likeness (QED) is 0.618. The molecule has 11 heavy (non-hydrogen) atoms. The van der Waals surface area contributed by atoms with E-state index in [4.69, 9.17) is 13.9 Å². The second-order valence-electron chi connectivity index (χ2n) is 2.18. The first-order valence-corrected chi connectivity index (χ1v) is 3.44. The first-order chi connectivity index (χ1) is 5.36. The van der Waals surface area contributed by atoms with Crippen LogP contribution in [0, 0.1) is 0 Å². The molecule has 0 aliphatic carbocycles. The molecule has 3 heteroatoms. The third-order valence-corrected chi connectivity index (χ3v) is 1.47. The van der Waals surface area contributed by atoms with Crippen LogP contribution in [0.2, 0.25) is 0 Å². The lowest BCUT2D eigenvalue weighted by molar-refractivity contribution is -0.102. The molecule has 0 fully saturated rings. The van der Waals surface area contributed by atoms with Crippen molar-refractivity contribution < 1.29 is 13.9 Å². The van der Waals surface area contributed by atoms with Gasteiger partial charge in [-0.3, -0.25) is 0 Å². The summed E-state index contributed by atoms with van der Waals surface area (Å²) >= 11 is 0. The Morgan fingerprint density at radius 1 is 1.45 bits per heavy atom. The smallest absolute Gasteiger partial charge is 0.163 e. The van der Waals surface area contributed by atoms with Gasteiger partial charge in [-0.15, -0.1) is 0 Å². The van der Waals surface area contributed by atoms with Gasteiger partial charge in [0, 0.05) is 14.2 Å². The highest BCUT2D eigenvalue weighted by Gasteiger charge is 2.07. The molecule has 0 spiro atoms. The molecular formula is C8H12O3. The topological polar surface area (TPSA) is 31.6 Å². The van der Waals surface area contributed by atoms with Crippen molar-refractivity contribution in [1.82, 2.24) is 0 Å². The predicted octanol–water partition coefficient (Wildman–Crippen LogP) is 1.44. The van der Waals surface area contributed by atoms with Crippen LogP contribution in [0.1, 0.15) is 5.76 Å². The average molecular weight is 156 g/mol. The lowest BCUT2D eigenvalue weighted by atomic mass is 10.3. The fourth-order valence-electron chi connectivity index (χ4n) is 0.856. The molecule has 0 unspecified atom stereocenters. The van der Waals surface area contributed by atoms with Crippen LogP contribution in [0.4, 0.5) is 0 Å². The Balaban J connectivity index is 2.41. The van der Waals surface area contributed by atoms with Gasteiger partial charge in [-0.25, -0.2) is 0 Å². The number of ether oxygens (including phenoxy) is 2. The third-order valence-electron chi connectivity index (χ3n) is 1.47. The maximum absolute atomic E-state index is 5.11. The lowest BCUT2D eigenvalue weighted by Crippen LogP contribution is -2.15. The van der Waals surface area contributed by atoms with E-state index in [2.05, 4.69) is 0 Å². The van der Waals surface area contributed by atoms with Gasteiger partial charge in [-0.05, 0) is 12.1 Å². The van der Waals surface area contributed by atoms with E-state index in [0.717, 1.165) is 5.76 Å². The van der Waals surface area contributed by atoms with E-state index in [1.807, 2.05) is 12.1 Å². The molecule has 0 N–H and O–H groups in total. The number of hydrogen-bond acceptors (Lipinski definition) is 3. The monoisotopic (exact) mass is 156 g/mol. The normalized spacial score (nSPS) is 10.8. The Morgan fingerprint density at radius 2 is 2.18 bits per heavy atom. The highest BCUT2D eigenvalue weighted by atomic mass is 16.7. The lowest BCUT2D eigenvalue weighted by Gasteiger charge is -2.10. The van der Waals surface area contributed by atoms with Crippen LogP contribution in [-0.2, 0) is 15.9 Å². The highest BCUT2D eigenvalue weighted by Crippen LogP contribution is 2.06. The summed E-state index contributed by atoms with van der Waals surface area (Å²) in [7, 11) is 3.22. The number of hydrogen-bond donors (Lipinski definition) is 0. The van der Waals surface area contributed by atoms with Crippen molar-refractivity contribution in [2.75, 3.05) is 14.2 Å². The van der Waals surface area contributed by atoms with Crippen LogP contribution < -0.4 is 0 Å². The Hall–Kier alpha value is -0.800. The van der Waals surface area contributed by atoms with Gasteiger partial charge in [0.05, 0.1) is 12.7 Å². The number of furan rings is 1. The van der Waals surface area contributed by atoms with Crippen LogP contribution in [0.5, 0.6) is 0 Å². The summed E-state index contributed by atoms with van der Waals surface area (Å²) < 4.78 is 15.1. The molecule has 0 aliphatic rings. The fraction of sp³-hybridized carbons (Fsp3) is 0.500. The van der Waals surface area contributed by atoms with Crippen molar-refractivity contribution in [1.29, 1.82) is 0 Å². The van der Waals surface area contributed by atoms with Gasteiger partial charge < -0.3 is 13.9 Å². The molecule has 0 saturated carbocycles. The minimum Gasteiger partial charge on any atom is -0.469 e. The maximum Gasteiger partial charge on any atom is 0.163 e. The summed E-state index contributed by atoms with van der Waals surface area (Å²) in [6.45, 7) is 0. The summed E-state index contributed by atoms with van der Waals surface area (Å²) in [6.07, 6.45) is 2.08. The van der Waals surface area contributed by atoms with Gasteiger partial charge >= 0.3 is 0 Å². The standard InChI is InChI=1S/C8H12O3/c1-9-8(10-2)6-7-4-3-5-11-7/h3-5,8H,6H2,1-2H3. The van der Waals surface area contributed by atoms with E-state index >= 15 is 0 Å². The number of methoxy groups -OCH3 is 2. The van der Waals surface area contributed by atoms with Crippen LogP contribution in [0.25, 0.3) is 0 Å². The van der Waals surface area contributed by atoms with Gasteiger partial charge in [0.1, 0.15) is 5.76 Å². The Kier molecular flexibility index (Phi) is 3.14. The van der Waals surface area contributed by atoms with E-state index in [1.54, 1.807) is 20.5 Å². The first kappa shape index (κ1) is 8.30. The third kappa shape index (κ3) is 2.37. The number of rotatable bonds is 4. The molecule has 0 aliphatic heterocycles. The second-order valence-corrected chi connectivity index (χ2v) is 2.18. The fourth-order valence-corrected chi connectivity index (χ4v) is 0.856. The van der Waals surface area contributed by atoms with Crippen LogP contribution >= 0.6 is 0 Å². The first-order valence-electron chi connectivity index (χ1n) is 3.44. The van der Waals surface area contributed by atoms with Crippen LogP contribution in [-0.4, -0.2) is 20.5 Å². The minimum absolute atomic E-state index is 0.207. The zero-order valence-corrected chi connectivity index (χ0v) is 6.74. The Morgan fingerprint density at radius 3 is 2.64 bits per heavy atom. The van der Waals surface area contributed by atoms with E-state index in [9.17, 15) is 0 Å². The molecule has 1 aromatic rings. The summed E-state index contributed by atoms with van der Waals surface area (Å²) in [5.41, 5.74) is 0. The molecule has 1 aromatic heterocycles. The van der Waals surface area contributed by atoms with Crippen molar-refractivity contribution in [3.63, 3.8) is 0 Å². The van der Waals surface area contributed by atoms with Crippen molar-refractivity contribution in [3.05, 3.63) is 24.2 Å². The molecular weight excluding hydrogens is 144 g/mol. The molecule has 62 valence electrons. The molecule has 1 heterocycles. The summed E-state index contributed by atoms with van der Waals surface area (Å²) in [5, 5.41) is 0. The van der Waals surface area contributed by atoms with Gasteiger partial charge in [0.2, 0.25) is 0 Å². The van der Waals surface area contributed by atoms with Crippen LogP contribution in [0.15, 0.2) is 22.8 Å². The summed E-state index contributed by atoms with van der Waals surface area (Å²) in [6, 6.07) is 3.74. The molecule has 0 saturated heterocycles. The molecule has 3 nitrogen and oxygen atoms in total. The zero-order chi connectivity index (χ0) is 8.10. The average Bonchev–Trinajstić information content (AvgIpc) is 2.52. The van der Waals surface area contributed by atoms with E-state index in [1.165, 1.54) is 0 Å². The SMILES string of the molecule is COC(Cc1ccco1)OC. The van der Waals surface area contributed by atoms with Gasteiger partial charge in [-0.1, -0.05) is 0 Å². The molecule has 0 amide bonds. The van der Waals surface area contributed by atoms with Crippen molar-refractivity contribution in [3.8, 4) is 0 Å². The molecule has 0 bridgehead atoms. The minimum atomic E-state index is -0.207. The highest BCUT2D eigenvalue weighted by molar-refractivity contribution is 4.98. The maximum atomic E-state index is 5.11. The molecule has 1 rings (SSSR count). The predicted molar refractivity (Wildman–Crippen MR) is 40.2 cm³/mol. The summed E-state index contributed by atoms with van der Waals surface area (Å²) in [4.78, 5) is 0. The Labute approximate surface area is 65.9 Å². The van der Waals surface area contributed by atoms with E-state index in [0.29, 0.717) is 6.42 Å². The molecule has 0 radical (unpaired) electrons. The van der Waals surface area contributed by atoms with E-state index < -0.39 is 0 Å². The van der Waals surface area contributed by atoms with Gasteiger partial charge in [-0.2, -0.15) is 0 Å². The largest absolute Gasteiger partial charge is 0.469 e. The van der Waals surface area contributed by atoms with Gasteiger partial charge in [0.15, 0.2) is 6.29 Å². The zero-order valence-electron chi connectivity index (χ0n) is 6.74. The van der Waals surface area contributed by atoms with E-state index in [-0.39, 0.29) is 6.29 Å². The van der Waals surface area contributed by atoms with Gasteiger partial charge in [0.25, 0.3) is 0 Å². The van der Waals surface area contributed by atoms with Crippen LogP contribution in [0.3, 0.4) is 0 Å². The summed E-state index contributed by atoms with van der Waals surface area (Å²) in [5.74, 6) is 0.874. The molecule has 0 aromatic carbocycles. The van der Waals surface area contributed by atoms with Crippen molar-refractivity contribution in [2.45, 2.75) is 12.7 Å². The molecule has 0 atom stereocenters. The second kappa shape index (κ2) is 4.16.